The molecule has 1 aliphatic rings. The minimum Gasteiger partial charge on any atom is -0.322 e. The predicted molar refractivity (Wildman–Crippen MR) is 102 cm³/mol. The molecule has 2 heterocycles. The smallest absolute Gasteiger partial charge is 0.271 e. The molecule has 26 heavy (non-hydrogen) atoms. The van der Waals surface area contributed by atoms with Gasteiger partial charge in [-0.15, -0.1) is 11.3 Å². The summed E-state index contributed by atoms with van der Waals surface area (Å²) in [6, 6.07) is 14.2. The van der Waals surface area contributed by atoms with Crippen LogP contribution in [0.3, 0.4) is 0 Å². The summed E-state index contributed by atoms with van der Waals surface area (Å²) in [5.74, 6) is -0.446. The Bertz CT molecular complexity index is 1240. The molecule has 0 spiro atoms. The van der Waals surface area contributed by atoms with Crippen LogP contribution in [0.1, 0.15) is 21.5 Å². The van der Waals surface area contributed by atoms with E-state index in [1.54, 1.807) is 11.6 Å². The normalized spacial score (nSPS) is 12.0. The average Bonchev–Trinajstić information content (AvgIpc) is 3.26. The maximum Gasteiger partial charge on any atom is 0.271 e. The van der Waals surface area contributed by atoms with E-state index >= 15 is 0 Å². The Morgan fingerprint density at radius 2 is 1.96 bits per heavy atom. The van der Waals surface area contributed by atoms with E-state index in [1.165, 1.54) is 44.2 Å². The molecule has 0 atom stereocenters. The molecule has 2 aromatic carbocycles. The van der Waals surface area contributed by atoms with Crippen LogP contribution in [0.5, 0.6) is 0 Å². The molecule has 0 bridgehead atoms. The van der Waals surface area contributed by atoms with E-state index in [0.29, 0.717) is 10.6 Å². The fraction of sp³-hybridized carbons (Fsp3) is 0.0500. The van der Waals surface area contributed by atoms with Crippen molar-refractivity contribution >= 4 is 27.9 Å². The number of aromatic nitrogens is 2. The van der Waals surface area contributed by atoms with Crippen molar-refractivity contribution in [2.75, 3.05) is 5.32 Å². The van der Waals surface area contributed by atoms with Gasteiger partial charge in [0.1, 0.15) is 5.56 Å². The maximum atomic E-state index is 12.6. The lowest BCUT2D eigenvalue weighted by Crippen LogP contribution is -2.25. The summed E-state index contributed by atoms with van der Waals surface area (Å²) in [6.45, 7) is 0. The fourth-order valence-corrected chi connectivity index (χ4v) is 4.08. The highest BCUT2D eigenvalue weighted by molar-refractivity contribution is 7.15. The van der Waals surface area contributed by atoms with Gasteiger partial charge in [0.2, 0.25) is 0 Å². The third kappa shape index (κ3) is 2.27. The monoisotopic (exact) mass is 359 g/mol. The number of thiazole rings is 1. The summed E-state index contributed by atoms with van der Waals surface area (Å²) in [5.41, 5.74) is 5.25. The summed E-state index contributed by atoms with van der Waals surface area (Å²) >= 11 is 1.35. The van der Waals surface area contributed by atoms with Crippen LogP contribution in [0.2, 0.25) is 0 Å². The molecule has 5 nitrogen and oxygen atoms in total. The molecular weight excluding hydrogens is 346 g/mol. The van der Waals surface area contributed by atoms with Gasteiger partial charge in [0.15, 0.2) is 4.96 Å². The molecule has 6 heteroatoms. The topological polar surface area (TPSA) is 63.5 Å². The third-order valence-electron chi connectivity index (χ3n) is 4.64. The van der Waals surface area contributed by atoms with Gasteiger partial charge < -0.3 is 5.32 Å². The lowest BCUT2D eigenvalue weighted by Gasteiger charge is -2.07. The van der Waals surface area contributed by atoms with E-state index < -0.39 is 5.91 Å². The van der Waals surface area contributed by atoms with Gasteiger partial charge in [0.25, 0.3) is 11.5 Å². The van der Waals surface area contributed by atoms with Gasteiger partial charge in [0, 0.05) is 23.5 Å². The standard InChI is InChI=1S/C20H13N3O2S/c24-18(17-11-21-20-23(19(17)25)7-8-26-20)22-14-5-6-16-13(10-14)9-12-3-1-2-4-15(12)16/h1-8,10-11H,9H2,(H,22,24). The second kappa shape index (κ2) is 5.64. The Morgan fingerprint density at radius 1 is 1.12 bits per heavy atom. The molecule has 0 saturated heterocycles. The Hall–Kier alpha value is -3.25. The van der Waals surface area contributed by atoms with Gasteiger partial charge in [0.05, 0.1) is 0 Å². The molecule has 1 N–H and O–H groups in total. The highest BCUT2D eigenvalue weighted by atomic mass is 32.1. The number of amides is 1. The zero-order valence-electron chi connectivity index (χ0n) is 13.6. The first kappa shape index (κ1) is 15.0. The third-order valence-corrected chi connectivity index (χ3v) is 5.41. The molecule has 126 valence electrons. The Balaban J connectivity index is 1.46. The predicted octanol–water partition coefficient (Wildman–Crippen LogP) is 3.58. The number of nitrogens with zero attached hydrogens (tertiary/aromatic N) is 2. The van der Waals surface area contributed by atoms with Crippen LogP contribution in [-0.2, 0) is 6.42 Å². The van der Waals surface area contributed by atoms with Gasteiger partial charge in [-0.25, -0.2) is 4.98 Å². The summed E-state index contributed by atoms with van der Waals surface area (Å²) in [6.07, 6.45) is 3.81. The van der Waals surface area contributed by atoms with Gasteiger partial charge in [-0.3, -0.25) is 14.0 Å². The molecular formula is C20H13N3O2S. The van der Waals surface area contributed by atoms with E-state index in [4.69, 9.17) is 0 Å². The van der Waals surface area contributed by atoms with Crippen molar-refractivity contribution in [3.63, 3.8) is 0 Å². The summed E-state index contributed by atoms with van der Waals surface area (Å²) in [7, 11) is 0. The number of hydrogen-bond donors (Lipinski definition) is 1. The highest BCUT2D eigenvalue weighted by Gasteiger charge is 2.19. The molecule has 0 aliphatic heterocycles. The van der Waals surface area contributed by atoms with Crippen molar-refractivity contribution in [3.05, 3.63) is 87.3 Å². The van der Waals surface area contributed by atoms with E-state index in [2.05, 4.69) is 22.4 Å². The molecule has 0 saturated carbocycles. The summed E-state index contributed by atoms with van der Waals surface area (Å²) in [4.78, 5) is 29.7. The molecule has 5 rings (SSSR count). The molecule has 0 unspecified atom stereocenters. The minimum absolute atomic E-state index is 0.0321. The van der Waals surface area contributed by atoms with Crippen molar-refractivity contribution in [1.29, 1.82) is 0 Å². The number of carbonyl (C=O) groups excluding carboxylic acids is 1. The van der Waals surface area contributed by atoms with Crippen molar-refractivity contribution < 1.29 is 4.79 Å². The first-order chi connectivity index (χ1) is 12.7. The molecule has 0 radical (unpaired) electrons. The molecule has 4 aromatic rings. The van der Waals surface area contributed by atoms with Crippen LogP contribution in [0.25, 0.3) is 16.1 Å². The van der Waals surface area contributed by atoms with Crippen LogP contribution < -0.4 is 10.9 Å². The Morgan fingerprint density at radius 3 is 2.88 bits per heavy atom. The lowest BCUT2D eigenvalue weighted by molar-refractivity contribution is 0.102. The summed E-state index contributed by atoms with van der Waals surface area (Å²) in [5, 5.41) is 4.59. The number of benzene rings is 2. The first-order valence-corrected chi connectivity index (χ1v) is 9.06. The van der Waals surface area contributed by atoms with E-state index in [0.717, 1.165) is 6.42 Å². The SMILES string of the molecule is O=C(Nc1ccc2c(c1)Cc1ccccc1-2)c1cnc2sccn2c1=O. The molecule has 2 aromatic heterocycles. The van der Waals surface area contributed by atoms with E-state index in [1.807, 2.05) is 30.3 Å². The number of rotatable bonds is 2. The zero-order valence-corrected chi connectivity index (χ0v) is 14.4. The lowest BCUT2D eigenvalue weighted by atomic mass is 10.1. The van der Waals surface area contributed by atoms with Gasteiger partial charge >= 0.3 is 0 Å². The Kier molecular flexibility index (Phi) is 3.26. The number of hydrogen-bond acceptors (Lipinski definition) is 4. The minimum atomic E-state index is -0.446. The second-order valence-electron chi connectivity index (χ2n) is 6.19. The van der Waals surface area contributed by atoms with Crippen molar-refractivity contribution in [3.8, 4) is 11.1 Å². The highest BCUT2D eigenvalue weighted by Crippen LogP contribution is 2.37. The van der Waals surface area contributed by atoms with E-state index in [-0.39, 0.29) is 11.1 Å². The van der Waals surface area contributed by atoms with Crippen molar-refractivity contribution in [2.24, 2.45) is 0 Å². The second-order valence-corrected chi connectivity index (χ2v) is 7.07. The van der Waals surface area contributed by atoms with Crippen LogP contribution in [0.4, 0.5) is 5.69 Å². The molecule has 1 aliphatic carbocycles. The van der Waals surface area contributed by atoms with Gasteiger partial charge in [-0.2, -0.15) is 0 Å². The maximum absolute atomic E-state index is 12.6. The number of fused-ring (bicyclic) bond motifs is 4. The zero-order chi connectivity index (χ0) is 17.7. The van der Waals surface area contributed by atoms with Crippen molar-refractivity contribution in [1.82, 2.24) is 9.38 Å². The van der Waals surface area contributed by atoms with Gasteiger partial charge in [-0.05, 0) is 40.8 Å². The van der Waals surface area contributed by atoms with Crippen molar-refractivity contribution in [2.45, 2.75) is 6.42 Å². The van der Waals surface area contributed by atoms with Gasteiger partial charge in [-0.1, -0.05) is 30.3 Å². The van der Waals surface area contributed by atoms with Crippen LogP contribution >= 0.6 is 11.3 Å². The average molecular weight is 359 g/mol. The first-order valence-electron chi connectivity index (χ1n) is 8.18. The Labute approximate surface area is 152 Å². The number of nitrogens with one attached hydrogen (secondary N) is 1. The van der Waals surface area contributed by atoms with Crippen LogP contribution in [0, 0.1) is 0 Å². The molecule has 1 amide bonds. The quantitative estimate of drug-likeness (QED) is 0.524. The summed E-state index contributed by atoms with van der Waals surface area (Å²) < 4.78 is 1.39. The fourth-order valence-electron chi connectivity index (χ4n) is 3.40. The van der Waals surface area contributed by atoms with E-state index in [9.17, 15) is 9.59 Å². The number of anilines is 1. The van der Waals surface area contributed by atoms with Crippen LogP contribution in [-0.4, -0.2) is 15.3 Å². The largest absolute Gasteiger partial charge is 0.322 e. The van der Waals surface area contributed by atoms with Crippen LogP contribution in [0.15, 0.2) is 65.0 Å². The molecule has 0 fully saturated rings. The number of carbonyl (C=O) groups is 1.